The van der Waals surface area contributed by atoms with Gasteiger partial charge in [-0.3, -0.25) is 14.4 Å². The molecule has 0 atom stereocenters. The fraction of sp³-hybridized carbons (Fsp3) is 0.444. The van der Waals surface area contributed by atoms with Gasteiger partial charge in [0.2, 0.25) is 5.91 Å². The molecule has 32 heavy (non-hydrogen) atoms. The third-order valence-electron chi connectivity index (χ3n) is 7.74. The van der Waals surface area contributed by atoms with Crippen LogP contribution < -0.4 is 10.6 Å². The van der Waals surface area contributed by atoms with E-state index >= 15 is 0 Å². The van der Waals surface area contributed by atoms with E-state index in [2.05, 4.69) is 10.6 Å². The van der Waals surface area contributed by atoms with Gasteiger partial charge in [-0.15, -0.1) is 0 Å². The van der Waals surface area contributed by atoms with Gasteiger partial charge in [-0.05, 0) is 105 Å². The number of hydrogen-bond acceptors (Lipinski definition) is 3. The molecule has 0 unspecified atom stereocenters. The van der Waals surface area contributed by atoms with Crippen molar-refractivity contribution in [3.05, 3.63) is 65.2 Å². The summed E-state index contributed by atoms with van der Waals surface area (Å²) in [5.41, 5.74) is 2.67. The number of ketones is 1. The van der Waals surface area contributed by atoms with E-state index in [1.165, 1.54) is 26.2 Å². The Balaban J connectivity index is 1.17. The van der Waals surface area contributed by atoms with Crippen molar-refractivity contribution in [3.8, 4) is 0 Å². The molecule has 4 saturated carbocycles. The Bertz CT molecular complexity index is 1000. The molecule has 5 heteroatoms. The van der Waals surface area contributed by atoms with Crippen molar-refractivity contribution in [2.45, 2.75) is 52.0 Å². The lowest BCUT2D eigenvalue weighted by atomic mass is 9.49. The van der Waals surface area contributed by atoms with E-state index in [-0.39, 0.29) is 23.0 Å². The maximum Gasteiger partial charge on any atom is 0.255 e. The highest BCUT2D eigenvalue weighted by molar-refractivity contribution is 6.04. The minimum atomic E-state index is -0.204. The van der Waals surface area contributed by atoms with Crippen molar-refractivity contribution in [3.63, 3.8) is 0 Å². The maximum absolute atomic E-state index is 13.1. The van der Waals surface area contributed by atoms with E-state index in [0.717, 1.165) is 42.6 Å². The normalized spacial score (nSPS) is 27.7. The first-order chi connectivity index (χ1) is 15.4. The average molecular weight is 431 g/mol. The van der Waals surface area contributed by atoms with E-state index in [9.17, 15) is 14.4 Å². The highest BCUT2D eigenvalue weighted by atomic mass is 16.2. The molecule has 166 valence electrons. The third kappa shape index (κ3) is 4.08. The van der Waals surface area contributed by atoms with E-state index in [4.69, 9.17) is 0 Å². The fourth-order valence-electron chi connectivity index (χ4n) is 6.52. The van der Waals surface area contributed by atoms with Gasteiger partial charge in [0.05, 0.1) is 0 Å². The predicted molar refractivity (Wildman–Crippen MR) is 123 cm³/mol. The number of benzene rings is 2. The van der Waals surface area contributed by atoms with Gasteiger partial charge < -0.3 is 10.6 Å². The molecule has 4 aliphatic carbocycles. The molecule has 4 fully saturated rings. The fourth-order valence-corrected chi connectivity index (χ4v) is 6.52. The second-order valence-corrected chi connectivity index (χ2v) is 10.2. The van der Waals surface area contributed by atoms with Gasteiger partial charge >= 0.3 is 0 Å². The van der Waals surface area contributed by atoms with Crippen molar-refractivity contribution in [1.29, 1.82) is 0 Å². The number of nitrogens with one attached hydrogen (secondary N) is 2. The minimum Gasteiger partial charge on any atom is -0.352 e. The van der Waals surface area contributed by atoms with Gasteiger partial charge in [0.25, 0.3) is 5.91 Å². The van der Waals surface area contributed by atoms with Gasteiger partial charge in [-0.25, -0.2) is 0 Å². The lowest BCUT2D eigenvalue weighted by Gasteiger charge is -2.55. The molecule has 5 nitrogen and oxygen atoms in total. The molecule has 6 rings (SSSR count). The molecule has 0 radical (unpaired) electrons. The SMILES string of the molecule is CC(=O)c1ccc(NC(=O)c2ccc(CNC(=O)C34CC5CC(CC(C5)C3)C4)cc2)cc1. The Morgan fingerprint density at radius 2 is 1.34 bits per heavy atom. The summed E-state index contributed by atoms with van der Waals surface area (Å²) in [7, 11) is 0. The predicted octanol–water partition coefficient (Wildman–Crippen LogP) is 4.97. The van der Waals surface area contributed by atoms with E-state index in [1.54, 1.807) is 36.4 Å². The second kappa shape index (κ2) is 8.19. The molecule has 0 spiro atoms. The summed E-state index contributed by atoms with van der Waals surface area (Å²) in [6, 6.07) is 14.2. The molecule has 4 aliphatic rings. The number of carbonyl (C=O) groups excluding carboxylic acids is 3. The first kappa shape index (κ1) is 20.9. The Labute approximate surface area is 189 Å². The monoisotopic (exact) mass is 430 g/mol. The zero-order valence-corrected chi connectivity index (χ0v) is 18.5. The summed E-state index contributed by atoms with van der Waals surface area (Å²) >= 11 is 0. The number of carbonyl (C=O) groups is 3. The van der Waals surface area contributed by atoms with Crippen LogP contribution in [-0.4, -0.2) is 17.6 Å². The van der Waals surface area contributed by atoms with Crippen LogP contribution in [0.2, 0.25) is 0 Å². The van der Waals surface area contributed by atoms with Crippen molar-refractivity contribution in [1.82, 2.24) is 5.32 Å². The Hall–Kier alpha value is -2.95. The topological polar surface area (TPSA) is 75.3 Å². The summed E-state index contributed by atoms with van der Waals surface area (Å²) in [6.07, 6.45) is 7.19. The standard InChI is InChI=1S/C27H30N2O3/c1-17(30)22-6-8-24(9-7-22)29-25(31)23-4-2-18(3-5-23)16-28-26(32)27-13-19-10-20(14-27)12-21(11-19)15-27/h2-9,19-21H,10-16H2,1H3,(H,28,32)(H,29,31). The number of amides is 2. The molecule has 4 bridgehead atoms. The summed E-state index contributed by atoms with van der Waals surface area (Å²) in [6.45, 7) is 2.01. The van der Waals surface area contributed by atoms with Crippen LogP contribution in [0.5, 0.6) is 0 Å². The van der Waals surface area contributed by atoms with Crippen LogP contribution in [0.1, 0.15) is 71.7 Å². The van der Waals surface area contributed by atoms with Crippen LogP contribution in [0.4, 0.5) is 5.69 Å². The van der Waals surface area contributed by atoms with E-state index in [0.29, 0.717) is 23.4 Å². The van der Waals surface area contributed by atoms with Crippen LogP contribution in [0.25, 0.3) is 0 Å². The van der Waals surface area contributed by atoms with E-state index < -0.39 is 0 Å². The van der Waals surface area contributed by atoms with Crippen LogP contribution in [0.15, 0.2) is 48.5 Å². The van der Waals surface area contributed by atoms with Crippen molar-refractivity contribution in [2.75, 3.05) is 5.32 Å². The lowest BCUT2D eigenvalue weighted by molar-refractivity contribution is -0.146. The Morgan fingerprint density at radius 1 is 0.812 bits per heavy atom. The smallest absolute Gasteiger partial charge is 0.255 e. The summed E-state index contributed by atoms with van der Waals surface area (Å²) in [4.78, 5) is 37.0. The van der Waals surface area contributed by atoms with Gasteiger partial charge in [0.15, 0.2) is 5.78 Å². The molecule has 2 aromatic carbocycles. The van der Waals surface area contributed by atoms with Crippen LogP contribution >= 0.6 is 0 Å². The summed E-state index contributed by atoms with van der Waals surface area (Å²) in [5, 5.41) is 6.04. The molecule has 0 aromatic heterocycles. The molecule has 2 aromatic rings. The molecule has 0 aliphatic heterocycles. The van der Waals surface area contributed by atoms with Gasteiger partial charge in [0.1, 0.15) is 0 Å². The number of Topliss-reactive ketones (excluding diaryl/α,β-unsaturated/α-hetero) is 1. The molecular weight excluding hydrogens is 400 g/mol. The minimum absolute atomic E-state index is 0.00579. The molecular formula is C27H30N2O3. The van der Waals surface area contributed by atoms with Crippen molar-refractivity contribution < 1.29 is 14.4 Å². The highest BCUT2D eigenvalue weighted by Gasteiger charge is 2.54. The summed E-state index contributed by atoms with van der Waals surface area (Å²) in [5.74, 6) is 2.28. The number of anilines is 1. The molecule has 2 N–H and O–H groups in total. The molecule has 2 amide bonds. The number of hydrogen-bond donors (Lipinski definition) is 2. The van der Waals surface area contributed by atoms with Gasteiger partial charge in [0, 0.05) is 28.8 Å². The third-order valence-corrected chi connectivity index (χ3v) is 7.74. The zero-order valence-electron chi connectivity index (χ0n) is 18.5. The zero-order chi connectivity index (χ0) is 22.3. The van der Waals surface area contributed by atoms with Crippen LogP contribution in [-0.2, 0) is 11.3 Å². The Morgan fingerprint density at radius 3 is 1.88 bits per heavy atom. The Kier molecular flexibility index (Phi) is 5.36. The molecule has 0 saturated heterocycles. The van der Waals surface area contributed by atoms with Crippen molar-refractivity contribution >= 4 is 23.3 Å². The largest absolute Gasteiger partial charge is 0.352 e. The quantitative estimate of drug-likeness (QED) is 0.635. The van der Waals surface area contributed by atoms with E-state index in [1.807, 2.05) is 12.1 Å². The highest BCUT2D eigenvalue weighted by Crippen LogP contribution is 2.60. The second-order valence-electron chi connectivity index (χ2n) is 10.2. The van der Waals surface area contributed by atoms with Gasteiger partial charge in [-0.2, -0.15) is 0 Å². The maximum atomic E-state index is 13.1. The lowest BCUT2D eigenvalue weighted by Crippen LogP contribution is -2.53. The first-order valence-corrected chi connectivity index (χ1v) is 11.7. The molecule has 0 heterocycles. The van der Waals surface area contributed by atoms with Crippen LogP contribution in [0.3, 0.4) is 0 Å². The van der Waals surface area contributed by atoms with Crippen molar-refractivity contribution in [2.24, 2.45) is 23.2 Å². The first-order valence-electron chi connectivity index (χ1n) is 11.7. The van der Waals surface area contributed by atoms with Gasteiger partial charge in [-0.1, -0.05) is 12.1 Å². The van der Waals surface area contributed by atoms with Crippen LogP contribution in [0, 0.1) is 23.2 Å². The number of rotatable bonds is 6. The summed E-state index contributed by atoms with van der Waals surface area (Å²) < 4.78 is 0. The average Bonchev–Trinajstić information content (AvgIpc) is 2.77.